The maximum absolute atomic E-state index is 12.4. The quantitative estimate of drug-likeness (QED) is 0.722. The maximum Gasteiger partial charge on any atom is 0.404 e. The molecular weight excluding hydrogens is 223 g/mol. The highest BCUT2D eigenvalue weighted by Gasteiger charge is 2.63. The van der Waals surface area contributed by atoms with E-state index in [1.807, 2.05) is 0 Å². The van der Waals surface area contributed by atoms with Crippen LogP contribution in [0.5, 0.6) is 0 Å². The van der Waals surface area contributed by atoms with Gasteiger partial charge in [0.25, 0.3) is 0 Å². The molecule has 7 heteroatoms. The van der Waals surface area contributed by atoms with Crippen molar-refractivity contribution in [2.24, 2.45) is 11.1 Å². The van der Waals surface area contributed by atoms with Crippen LogP contribution in [0.2, 0.25) is 0 Å². The molecule has 0 aromatic rings. The van der Waals surface area contributed by atoms with Gasteiger partial charge in [0.15, 0.2) is 5.41 Å². The Balaban J connectivity index is 0.00000169. The Hall–Kier alpha value is -0.490. The van der Waals surface area contributed by atoms with Gasteiger partial charge >= 0.3 is 12.1 Å². The van der Waals surface area contributed by atoms with Crippen molar-refractivity contribution < 1.29 is 23.1 Å². The van der Waals surface area contributed by atoms with Crippen LogP contribution in [0.15, 0.2) is 0 Å². The van der Waals surface area contributed by atoms with Crippen LogP contribution in [0, 0.1) is 5.41 Å². The van der Waals surface area contributed by atoms with Crippen molar-refractivity contribution in [3.05, 3.63) is 0 Å². The highest BCUT2D eigenvalue weighted by molar-refractivity contribution is 5.85. The Morgan fingerprint density at radius 3 is 2.14 bits per heavy atom. The third-order valence-corrected chi connectivity index (χ3v) is 2.50. The minimum atomic E-state index is -4.70. The summed E-state index contributed by atoms with van der Waals surface area (Å²) in [6, 6.07) is -0.655. The zero-order valence-electron chi connectivity index (χ0n) is 7.17. The zero-order chi connectivity index (χ0) is 10.3. The molecule has 2 atom stereocenters. The number of rotatable bonds is 1. The van der Waals surface area contributed by atoms with Gasteiger partial charge in [-0.25, -0.2) is 0 Å². The molecular formula is C7H11ClF3NO2. The lowest BCUT2D eigenvalue weighted by Crippen LogP contribution is -2.43. The van der Waals surface area contributed by atoms with Crippen molar-refractivity contribution in [1.29, 1.82) is 0 Å². The second-order valence-corrected chi connectivity index (χ2v) is 3.39. The maximum atomic E-state index is 12.4. The molecule has 0 amide bonds. The van der Waals surface area contributed by atoms with Crippen molar-refractivity contribution in [2.75, 3.05) is 0 Å². The predicted molar refractivity (Wildman–Crippen MR) is 45.2 cm³/mol. The van der Waals surface area contributed by atoms with Crippen LogP contribution in [-0.4, -0.2) is 23.3 Å². The highest BCUT2D eigenvalue weighted by atomic mass is 35.5. The van der Waals surface area contributed by atoms with E-state index in [4.69, 9.17) is 10.8 Å². The minimum absolute atomic E-state index is 0. The number of halogens is 4. The first kappa shape index (κ1) is 13.5. The lowest BCUT2D eigenvalue weighted by molar-refractivity contribution is -0.230. The normalized spacial score (nSPS) is 32.4. The van der Waals surface area contributed by atoms with Crippen molar-refractivity contribution in [3.8, 4) is 0 Å². The van der Waals surface area contributed by atoms with E-state index in [9.17, 15) is 18.0 Å². The molecule has 1 fully saturated rings. The molecule has 0 heterocycles. The molecule has 0 radical (unpaired) electrons. The molecule has 0 unspecified atom stereocenters. The topological polar surface area (TPSA) is 63.3 Å². The van der Waals surface area contributed by atoms with Gasteiger partial charge in [-0.3, -0.25) is 4.79 Å². The summed E-state index contributed by atoms with van der Waals surface area (Å²) in [6.45, 7) is 0. The fourth-order valence-electron chi connectivity index (χ4n) is 1.66. The van der Waals surface area contributed by atoms with Crippen LogP contribution in [0.3, 0.4) is 0 Å². The van der Waals surface area contributed by atoms with Crippen molar-refractivity contribution in [2.45, 2.75) is 31.5 Å². The van der Waals surface area contributed by atoms with Crippen molar-refractivity contribution >= 4 is 18.4 Å². The highest BCUT2D eigenvalue weighted by Crippen LogP contribution is 2.50. The summed E-state index contributed by atoms with van der Waals surface area (Å²) >= 11 is 0. The lowest BCUT2D eigenvalue weighted by atomic mass is 9.85. The fourth-order valence-corrected chi connectivity index (χ4v) is 1.66. The van der Waals surface area contributed by atoms with Gasteiger partial charge in [0.05, 0.1) is 0 Å². The molecule has 0 aromatic heterocycles. The second kappa shape index (κ2) is 3.94. The first-order chi connectivity index (χ1) is 5.79. The third kappa shape index (κ3) is 1.95. The van der Waals surface area contributed by atoms with Crippen molar-refractivity contribution in [3.63, 3.8) is 0 Å². The summed E-state index contributed by atoms with van der Waals surface area (Å²) < 4.78 is 37.2. The average Bonchev–Trinajstić information content (AvgIpc) is 2.30. The number of nitrogens with two attached hydrogens (primary N) is 1. The van der Waals surface area contributed by atoms with E-state index in [-0.39, 0.29) is 18.8 Å². The Morgan fingerprint density at radius 2 is 2.00 bits per heavy atom. The van der Waals surface area contributed by atoms with Gasteiger partial charge in [-0.2, -0.15) is 13.2 Å². The van der Waals surface area contributed by atoms with E-state index >= 15 is 0 Å². The van der Waals surface area contributed by atoms with Crippen LogP contribution in [0.1, 0.15) is 19.3 Å². The molecule has 3 N–H and O–H groups in total. The van der Waals surface area contributed by atoms with Crippen LogP contribution in [0.4, 0.5) is 13.2 Å². The molecule has 0 bridgehead atoms. The first-order valence-corrected chi connectivity index (χ1v) is 3.85. The SMILES string of the molecule is Cl.N[C@H]1CC[C@](C(=O)O)(C(F)(F)F)C1. The zero-order valence-corrected chi connectivity index (χ0v) is 7.99. The number of hydrogen-bond acceptors (Lipinski definition) is 2. The molecule has 1 aliphatic carbocycles. The molecule has 1 aliphatic rings. The van der Waals surface area contributed by atoms with E-state index < -0.39 is 36.4 Å². The molecule has 0 spiro atoms. The number of carboxylic acids is 1. The van der Waals surface area contributed by atoms with E-state index in [0.29, 0.717) is 0 Å². The summed E-state index contributed by atoms with van der Waals surface area (Å²) in [7, 11) is 0. The van der Waals surface area contributed by atoms with Crippen LogP contribution in [0.25, 0.3) is 0 Å². The molecule has 0 saturated heterocycles. The number of carbonyl (C=O) groups is 1. The lowest BCUT2D eigenvalue weighted by Gasteiger charge is -2.26. The third-order valence-electron chi connectivity index (χ3n) is 2.50. The van der Waals surface area contributed by atoms with E-state index in [1.54, 1.807) is 0 Å². The molecule has 0 aromatic carbocycles. The summed E-state index contributed by atoms with van der Waals surface area (Å²) in [6.07, 6.45) is -5.50. The monoisotopic (exact) mass is 233 g/mol. The average molecular weight is 234 g/mol. The Bertz CT molecular complexity index is 233. The number of carboxylic acid groups (broad SMARTS) is 1. The molecule has 84 valence electrons. The fraction of sp³-hybridized carbons (Fsp3) is 0.857. The van der Waals surface area contributed by atoms with Gasteiger partial charge in [-0.1, -0.05) is 0 Å². The summed E-state index contributed by atoms with van der Waals surface area (Å²) in [5.41, 5.74) is 2.68. The van der Waals surface area contributed by atoms with Gasteiger partial charge in [-0.15, -0.1) is 12.4 Å². The van der Waals surface area contributed by atoms with E-state index in [0.717, 1.165) is 0 Å². The molecule has 1 rings (SSSR count). The number of aliphatic carboxylic acids is 1. The Morgan fingerprint density at radius 1 is 1.50 bits per heavy atom. The van der Waals surface area contributed by atoms with E-state index in [2.05, 4.69) is 0 Å². The van der Waals surface area contributed by atoms with Crippen LogP contribution < -0.4 is 5.73 Å². The van der Waals surface area contributed by atoms with E-state index in [1.165, 1.54) is 0 Å². The van der Waals surface area contributed by atoms with Crippen LogP contribution in [-0.2, 0) is 4.79 Å². The van der Waals surface area contributed by atoms with Gasteiger partial charge in [0.2, 0.25) is 0 Å². The number of hydrogen-bond donors (Lipinski definition) is 2. The van der Waals surface area contributed by atoms with Crippen LogP contribution >= 0.6 is 12.4 Å². The second-order valence-electron chi connectivity index (χ2n) is 3.39. The molecule has 0 aliphatic heterocycles. The minimum Gasteiger partial charge on any atom is -0.481 e. The smallest absolute Gasteiger partial charge is 0.404 e. The van der Waals surface area contributed by atoms with Gasteiger partial charge in [0.1, 0.15) is 0 Å². The Labute approximate surface area is 84.9 Å². The largest absolute Gasteiger partial charge is 0.481 e. The van der Waals surface area contributed by atoms with Gasteiger partial charge in [-0.05, 0) is 19.3 Å². The molecule has 3 nitrogen and oxygen atoms in total. The molecule has 14 heavy (non-hydrogen) atoms. The summed E-state index contributed by atoms with van der Waals surface area (Å²) in [5, 5.41) is 8.54. The van der Waals surface area contributed by atoms with Gasteiger partial charge < -0.3 is 10.8 Å². The predicted octanol–water partition coefficient (Wildman–Crippen LogP) is 1.55. The number of alkyl halides is 3. The molecule has 1 saturated carbocycles. The summed E-state index contributed by atoms with van der Waals surface area (Å²) in [5.74, 6) is -1.81. The first-order valence-electron chi connectivity index (χ1n) is 3.85. The standard InChI is InChI=1S/C7H10F3NO2.ClH/c8-7(9,10)6(5(12)13)2-1-4(11)3-6;/h4H,1-3,11H2,(H,12,13);1H/t4-,6-;/m0./s1. The van der Waals surface area contributed by atoms with Crippen molar-refractivity contribution in [1.82, 2.24) is 0 Å². The van der Waals surface area contributed by atoms with Gasteiger partial charge in [0, 0.05) is 6.04 Å². The Kier molecular flexibility index (Phi) is 3.80. The summed E-state index contributed by atoms with van der Waals surface area (Å²) in [4.78, 5) is 10.5.